The Morgan fingerprint density at radius 1 is 0.489 bits per heavy atom. The molecular formula is C36H48N3O7P. The zero-order valence-electron chi connectivity index (χ0n) is 27.7. The van der Waals surface area contributed by atoms with E-state index < -0.39 is 7.14 Å². The number of nitrogens with one attached hydrogen (secondary N) is 3. The maximum Gasteiger partial charge on any atom is 0.221 e. The van der Waals surface area contributed by atoms with Gasteiger partial charge >= 0.3 is 0 Å². The fourth-order valence-corrected chi connectivity index (χ4v) is 7.72. The molecule has 3 aromatic carbocycles. The van der Waals surface area contributed by atoms with Crippen molar-refractivity contribution in [3.63, 3.8) is 0 Å². The van der Waals surface area contributed by atoms with Gasteiger partial charge in [-0.15, -0.1) is 0 Å². The summed E-state index contributed by atoms with van der Waals surface area (Å²) in [6, 6.07) is 22.6. The molecular weight excluding hydrogens is 617 g/mol. The molecule has 0 aromatic heterocycles. The minimum absolute atomic E-state index is 0.111. The summed E-state index contributed by atoms with van der Waals surface area (Å²) in [4.78, 5) is 33.7. The number of hydrogen-bond donors (Lipinski definition) is 3. The summed E-state index contributed by atoms with van der Waals surface area (Å²) in [6.45, 7) is 7.29. The SMILES string of the molecule is CC(=O)Nc1ccc(COCCCP(=O)(CCCOCc2ccc(NC(C)=O)cc2)CCCOCc2ccc(NC(C)=O)cc2)cc1. The fourth-order valence-electron chi connectivity index (χ4n) is 4.93. The van der Waals surface area contributed by atoms with Crippen molar-refractivity contribution >= 4 is 41.9 Å². The Balaban J connectivity index is 1.42. The van der Waals surface area contributed by atoms with Gasteiger partial charge < -0.3 is 34.7 Å². The van der Waals surface area contributed by atoms with E-state index in [1.807, 2.05) is 72.8 Å². The quantitative estimate of drug-likeness (QED) is 0.0821. The molecule has 0 unspecified atom stereocenters. The Kier molecular flexibility index (Phi) is 16.4. The molecule has 3 aromatic rings. The number of rotatable bonds is 21. The molecule has 0 bridgehead atoms. The lowest BCUT2D eigenvalue weighted by Crippen LogP contribution is -2.08. The van der Waals surface area contributed by atoms with Crippen LogP contribution in [-0.2, 0) is 53.0 Å². The van der Waals surface area contributed by atoms with Crippen molar-refractivity contribution in [1.29, 1.82) is 0 Å². The molecule has 0 aliphatic rings. The maximum absolute atomic E-state index is 14.0. The predicted molar refractivity (Wildman–Crippen MR) is 187 cm³/mol. The molecule has 3 rings (SSSR count). The largest absolute Gasteiger partial charge is 0.377 e. The van der Waals surface area contributed by atoms with Gasteiger partial charge in [0.15, 0.2) is 0 Å². The summed E-state index contributed by atoms with van der Waals surface area (Å²) in [5.74, 6) is -0.332. The molecule has 0 saturated heterocycles. The number of hydrogen-bond acceptors (Lipinski definition) is 7. The van der Waals surface area contributed by atoms with E-state index in [0.29, 0.717) is 77.4 Å². The van der Waals surface area contributed by atoms with Gasteiger partial charge in [-0.3, -0.25) is 14.4 Å². The molecule has 254 valence electrons. The summed E-state index contributed by atoms with van der Waals surface area (Å²) in [5, 5.41) is 8.26. The average Bonchev–Trinajstić information content (AvgIpc) is 3.02. The van der Waals surface area contributed by atoms with Crippen LogP contribution >= 0.6 is 7.14 Å². The van der Waals surface area contributed by atoms with Crippen LogP contribution in [0.3, 0.4) is 0 Å². The topological polar surface area (TPSA) is 132 Å². The van der Waals surface area contributed by atoms with Gasteiger partial charge in [0, 0.05) is 76.1 Å². The Morgan fingerprint density at radius 3 is 0.979 bits per heavy atom. The average molecular weight is 666 g/mol. The van der Waals surface area contributed by atoms with Crippen LogP contribution in [0.15, 0.2) is 72.8 Å². The molecule has 11 heteroatoms. The molecule has 3 N–H and O–H groups in total. The molecule has 47 heavy (non-hydrogen) atoms. The lowest BCUT2D eigenvalue weighted by molar-refractivity contribution is -0.115. The van der Waals surface area contributed by atoms with E-state index in [-0.39, 0.29) is 17.7 Å². The van der Waals surface area contributed by atoms with Crippen molar-refractivity contribution < 1.29 is 33.2 Å². The van der Waals surface area contributed by atoms with Crippen molar-refractivity contribution in [3.8, 4) is 0 Å². The van der Waals surface area contributed by atoms with E-state index in [0.717, 1.165) is 33.8 Å². The number of carbonyl (C=O) groups is 3. The third-order valence-electron chi connectivity index (χ3n) is 7.19. The summed E-state index contributed by atoms with van der Waals surface area (Å²) >= 11 is 0. The number of benzene rings is 3. The predicted octanol–water partition coefficient (Wildman–Crippen LogP) is 7.05. The first-order valence-corrected chi connectivity index (χ1v) is 18.3. The van der Waals surface area contributed by atoms with Crippen molar-refractivity contribution in [2.75, 3.05) is 54.3 Å². The highest BCUT2D eigenvalue weighted by Gasteiger charge is 2.21. The van der Waals surface area contributed by atoms with Gasteiger partial charge in [0.2, 0.25) is 17.7 Å². The molecule has 0 atom stereocenters. The van der Waals surface area contributed by atoms with Gasteiger partial charge in [0.1, 0.15) is 0 Å². The number of carbonyl (C=O) groups excluding carboxylic acids is 3. The highest BCUT2D eigenvalue weighted by Crippen LogP contribution is 2.47. The third kappa shape index (κ3) is 16.0. The molecule has 0 radical (unpaired) electrons. The Labute approximate surface area is 278 Å². The van der Waals surface area contributed by atoms with Crippen LogP contribution in [0.1, 0.15) is 56.7 Å². The minimum Gasteiger partial charge on any atom is -0.377 e. The number of ether oxygens (including phenoxy) is 3. The normalized spacial score (nSPS) is 11.2. The van der Waals surface area contributed by atoms with E-state index >= 15 is 0 Å². The van der Waals surface area contributed by atoms with Gasteiger partial charge in [0.25, 0.3) is 0 Å². The van der Waals surface area contributed by atoms with Gasteiger partial charge in [-0.05, 0) is 72.4 Å². The lowest BCUT2D eigenvalue weighted by atomic mass is 10.2. The molecule has 3 amide bonds. The van der Waals surface area contributed by atoms with Crippen molar-refractivity contribution in [2.24, 2.45) is 0 Å². The van der Waals surface area contributed by atoms with Crippen LogP contribution in [0.4, 0.5) is 17.1 Å². The first kappa shape index (κ1) is 37.6. The standard InChI is InChI=1S/C36H48N3O7P/c1-28(40)37-34-13-7-31(8-14-34)25-44-19-4-22-47(43,23-5-20-45-26-32-9-15-35(16-10-32)38-29(2)41)24-6-21-46-27-33-11-17-36(18-12-33)39-30(3)42/h7-18H,4-6,19-27H2,1-3H3,(H,37,40)(H,38,41)(H,39,42). The van der Waals surface area contributed by atoms with Crippen molar-refractivity contribution in [1.82, 2.24) is 0 Å². The summed E-state index contributed by atoms with van der Waals surface area (Å²) in [7, 11) is -2.48. The lowest BCUT2D eigenvalue weighted by Gasteiger charge is -2.19. The van der Waals surface area contributed by atoms with Crippen LogP contribution in [0.5, 0.6) is 0 Å². The Hall–Kier alpha value is -3.82. The van der Waals surface area contributed by atoms with E-state index in [4.69, 9.17) is 14.2 Å². The number of anilines is 3. The van der Waals surface area contributed by atoms with Gasteiger partial charge in [0.05, 0.1) is 27.0 Å². The summed E-state index contributed by atoms with van der Waals surface area (Å²) in [5.41, 5.74) is 5.25. The molecule has 0 saturated carbocycles. The highest BCUT2D eigenvalue weighted by molar-refractivity contribution is 7.63. The van der Waals surface area contributed by atoms with E-state index in [2.05, 4.69) is 16.0 Å². The second kappa shape index (κ2) is 20.4. The summed E-state index contributed by atoms with van der Waals surface area (Å²) < 4.78 is 31.6. The smallest absolute Gasteiger partial charge is 0.221 e. The minimum atomic E-state index is -2.48. The summed E-state index contributed by atoms with van der Waals surface area (Å²) in [6.07, 6.45) is 3.90. The van der Waals surface area contributed by atoms with Gasteiger partial charge in [-0.1, -0.05) is 36.4 Å². The van der Waals surface area contributed by atoms with E-state index in [1.165, 1.54) is 20.8 Å². The zero-order valence-corrected chi connectivity index (χ0v) is 28.6. The second-order valence-corrected chi connectivity index (χ2v) is 15.0. The van der Waals surface area contributed by atoms with Crippen LogP contribution in [0.2, 0.25) is 0 Å². The first-order chi connectivity index (χ1) is 22.6. The molecule has 0 aliphatic carbocycles. The van der Waals surface area contributed by atoms with Crippen LogP contribution in [-0.4, -0.2) is 56.0 Å². The third-order valence-corrected chi connectivity index (χ3v) is 10.6. The highest BCUT2D eigenvalue weighted by atomic mass is 31.2. The monoisotopic (exact) mass is 665 g/mol. The van der Waals surface area contributed by atoms with Gasteiger partial charge in [-0.2, -0.15) is 0 Å². The molecule has 10 nitrogen and oxygen atoms in total. The maximum atomic E-state index is 14.0. The molecule has 0 spiro atoms. The molecule has 0 heterocycles. The zero-order chi connectivity index (χ0) is 33.9. The molecule has 0 aliphatic heterocycles. The second-order valence-electron chi connectivity index (χ2n) is 11.6. The van der Waals surface area contributed by atoms with E-state index in [1.54, 1.807) is 0 Å². The van der Waals surface area contributed by atoms with E-state index in [9.17, 15) is 18.9 Å². The van der Waals surface area contributed by atoms with Crippen molar-refractivity contribution in [3.05, 3.63) is 89.5 Å². The molecule has 0 fully saturated rings. The fraction of sp³-hybridized carbons (Fsp3) is 0.417. The number of amides is 3. The van der Waals surface area contributed by atoms with Crippen molar-refractivity contribution in [2.45, 2.75) is 59.9 Å². The Morgan fingerprint density at radius 2 is 0.745 bits per heavy atom. The van der Waals surface area contributed by atoms with Crippen LogP contribution in [0, 0.1) is 0 Å². The van der Waals surface area contributed by atoms with Gasteiger partial charge in [-0.25, -0.2) is 0 Å². The Bertz CT molecular complexity index is 1270. The first-order valence-electron chi connectivity index (χ1n) is 16.0. The van der Waals surface area contributed by atoms with Crippen LogP contribution < -0.4 is 16.0 Å². The van der Waals surface area contributed by atoms with Crippen LogP contribution in [0.25, 0.3) is 0 Å².